The van der Waals surface area contributed by atoms with Crippen molar-refractivity contribution in [2.45, 2.75) is 82.3 Å². The van der Waals surface area contributed by atoms with Gasteiger partial charge in [0.25, 0.3) is 0 Å². The fraction of sp³-hybridized carbons (Fsp3) is 0.393. The molecule has 11 nitrogen and oxygen atoms in total. The normalized spacial score (nSPS) is 21.9. The number of fused-ring (bicyclic) bond motifs is 4. The van der Waals surface area contributed by atoms with Gasteiger partial charge in [-0.15, -0.1) is 21.5 Å². The van der Waals surface area contributed by atoms with Crippen LogP contribution >= 0.6 is 11.3 Å². The third-order valence-electron chi connectivity index (χ3n) is 15.9. The number of hydrogen-bond acceptors (Lipinski definition) is 11. The van der Waals surface area contributed by atoms with Gasteiger partial charge in [0.2, 0.25) is 0 Å². The lowest BCUT2D eigenvalue weighted by Gasteiger charge is -2.48. The van der Waals surface area contributed by atoms with Gasteiger partial charge in [0.1, 0.15) is 28.9 Å². The monoisotopic (exact) mass is 924 g/mol. The van der Waals surface area contributed by atoms with Gasteiger partial charge in [-0.1, -0.05) is 72.8 Å². The van der Waals surface area contributed by atoms with Gasteiger partial charge in [-0.2, -0.15) is 0 Å². The van der Waals surface area contributed by atoms with E-state index in [4.69, 9.17) is 9.41 Å². The number of hydrogen-bond donors (Lipinski definition) is 2. The highest BCUT2D eigenvalue weighted by atomic mass is 32.1. The Morgan fingerprint density at radius 2 is 1.59 bits per heavy atom. The highest BCUT2D eigenvalue weighted by Gasteiger charge is 2.40. The van der Waals surface area contributed by atoms with Crippen LogP contribution in [0.1, 0.15) is 110 Å². The Hall–Kier alpha value is -5.92. The molecule has 0 spiro atoms. The number of aromatic nitrogens is 4. The van der Waals surface area contributed by atoms with Crippen LogP contribution in [0.5, 0.6) is 5.75 Å². The van der Waals surface area contributed by atoms with Crippen molar-refractivity contribution in [1.82, 2.24) is 29.5 Å². The lowest BCUT2D eigenvalue weighted by Crippen LogP contribution is -2.57. The topological polar surface area (TPSA) is 119 Å². The number of phenolic OH excluding ortho intramolecular Hbond substituents is 1. The number of thiophene rings is 1. The summed E-state index contributed by atoms with van der Waals surface area (Å²) in [6.45, 7) is 14.2. The number of nitrogens with zero attached hydrogens (tertiary/aromatic N) is 8. The Labute approximate surface area is 402 Å². The maximum Gasteiger partial charge on any atom is 0.196 e. The van der Waals surface area contributed by atoms with Crippen LogP contribution in [-0.4, -0.2) is 103 Å². The maximum atomic E-state index is 11.8. The number of aromatic hydroxyl groups is 1. The summed E-state index contributed by atoms with van der Waals surface area (Å²) in [5.74, 6) is 4.42. The fourth-order valence-electron chi connectivity index (χ4n) is 12.0. The van der Waals surface area contributed by atoms with Gasteiger partial charge < -0.3 is 24.4 Å². The molecule has 3 saturated heterocycles. The first-order valence-electron chi connectivity index (χ1n) is 24.6. The second-order valence-electron chi connectivity index (χ2n) is 20.3. The van der Waals surface area contributed by atoms with E-state index in [1.807, 2.05) is 19.1 Å². The molecule has 4 aromatic carbocycles. The zero-order valence-corrected chi connectivity index (χ0v) is 40.1. The first kappa shape index (κ1) is 43.4. The molecule has 3 fully saturated rings. The number of likely N-dealkylation sites (tertiary alicyclic amines) is 2. The Kier molecular flexibility index (Phi) is 11.2. The van der Waals surface area contributed by atoms with E-state index >= 15 is 0 Å². The number of aryl methyl sites for hydroxylation is 3. The van der Waals surface area contributed by atoms with E-state index in [2.05, 4.69) is 133 Å². The molecular weight excluding hydrogens is 865 g/mol. The second-order valence-corrected chi connectivity index (χ2v) is 21.5. The van der Waals surface area contributed by atoms with Crippen molar-refractivity contribution in [2.75, 3.05) is 57.3 Å². The summed E-state index contributed by atoms with van der Waals surface area (Å²) in [4.78, 5) is 18.6. The summed E-state index contributed by atoms with van der Waals surface area (Å²) in [6, 6.07) is 35.0. The van der Waals surface area contributed by atoms with Crippen molar-refractivity contribution in [3.05, 3.63) is 176 Å². The number of oxazole rings is 1. The summed E-state index contributed by atoms with van der Waals surface area (Å²) >= 11 is 1.77. The maximum absolute atomic E-state index is 11.8. The number of aliphatic imine (C=N–C) groups is 1. The van der Waals surface area contributed by atoms with E-state index in [9.17, 15) is 10.2 Å². The Balaban J connectivity index is 0.635. The Morgan fingerprint density at radius 1 is 0.824 bits per heavy atom. The van der Waals surface area contributed by atoms with Crippen LogP contribution < -0.4 is 4.90 Å². The van der Waals surface area contributed by atoms with Gasteiger partial charge in [0.15, 0.2) is 11.7 Å². The molecule has 0 saturated carbocycles. The molecule has 0 radical (unpaired) electrons. The first-order chi connectivity index (χ1) is 33.1. The van der Waals surface area contributed by atoms with Gasteiger partial charge in [-0.05, 0) is 110 Å². The minimum absolute atomic E-state index is 0.259. The Bertz CT molecular complexity index is 2940. The van der Waals surface area contributed by atoms with Crippen molar-refractivity contribution >= 4 is 22.7 Å². The SMILES string of the molecule is Cc1sc2c(c1C)C(c1ccc(N3CC(CN4CCC(O)(CN5CC(c6ccc([C@@H]7c8ccc(O)cc8CC[C@@H]7c7ccccc7)cc6)C5)CC4)C3)cc1)=N[C@@H](Cc1ncco1)c1nnc(C)n1-2. The molecule has 1 aliphatic carbocycles. The van der Waals surface area contributed by atoms with Crippen molar-refractivity contribution in [3.63, 3.8) is 0 Å². The van der Waals surface area contributed by atoms with Crippen LogP contribution in [0.25, 0.3) is 5.00 Å². The van der Waals surface area contributed by atoms with Crippen LogP contribution in [0, 0.1) is 26.7 Å². The van der Waals surface area contributed by atoms with E-state index < -0.39 is 5.60 Å². The van der Waals surface area contributed by atoms with Crippen LogP contribution in [0.2, 0.25) is 0 Å². The van der Waals surface area contributed by atoms with Crippen LogP contribution in [0.4, 0.5) is 5.69 Å². The van der Waals surface area contributed by atoms with Gasteiger partial charge in [-0.3, -0.25) is 14.5 Å². The average Bonchev–Trinajstić information content (AvgIpc) is 4.04. The number of piperidine rings is 1. The van der Waals surface area contributed by atoms with Crippen molar-refractivity contribution < 1.29 is 14.6 Å². The van der Waals surface area contributed by atoms with E-state index in [1.165, 1.54) is 43.9 Å². The van der Waals surface area contributed by atoms with E-state index in [0.717, 1.165) is 112 Å². The minimum Gasteiger partial charge on any atom is -0.508 e. The van der Waals surface area contributed by atoms with Crippen LogP contribution in [0.3, 0.4) is 0 Å². The van der Waals surface area contributed by atoms with Crippen molar-refractivity contribution in [1.29, 1.82) is 0 Å². The summed E-state index contributed by atoms with van der Waals surface area (Å²) < 4.78 is 7.85. The molecule has 4 aliphatic heterocycles. The number of anilines is 1. The average molecular weight is 925 g/mol. The summed E-state index contributed by atoms with van der Waals surface area (Å²) in [5.41, 5.74) is 11.8. The second kappa shape index (κ2) is 17.6. The van der Waals surface area contributed by atoms with E-state index in [0.29, 0.717) is 35.8 Å². The highest BCUT2D eigenvalue weighted by Crippen LogP contribution is 2.48. The van der Waals surface area contributed by atoms with Crippen LogP contribution in [-0.2, 0) is 12.8 Å². The van der Waals surface area contributed by atoms with Crippen molar-refractivity contribution in [2.24, 2.45) is 10.9 Å². The third-order valence-corrected chi connectivity index (χ3v) is 17.1. The zero-order chi connectivity index (χ0) is 46.1. The number of phenols is 1. The smallest absolute Gasteiger partial charge is 0.196 e. The molecule has 0 bridgehead atoms. The first-order valence-corrected chi connectivity index (χ1v) is 25.4. The molecular formula is C56H60N8O3S. The largest absolute Gasteiger partial charge is 0.508 e. The molecule has 348 valence electrons. The predicted molar refractivity (Wildman–Crippen MR) is 268 cm³/mol. The summed E-state index contributed by atoms with van der Waals surface area (Å²) in [7, 11) is 0. The van der Waals surface area contributed by atoms with E-state index in [1.54, 1.807) is 23.8 Å². The number of β-amino-alcohol motifs (C(OH)–C–C–N with tert-alkyl or cyclic N) is 1. The number of aliphatic hydroxyl groups is 1. The molecule has 0 amide bonds. The fourth-order valence-corrected chi connectivity index (χ4v) is 13.2. The van der Waals surface area contributed by atoms with Crippen molar-refractivity contribution in [3.8, 4) is 10.8 Å². The number of rotatable bonds is 11. The molecule has 12 rings (SSSR count). The highest BCUT2D eigenvalue weighted by molar-refractivity contribution is 7.15. The molecule has 5 aliphatic rings. The van der Waals surface area contributed by atoms with Gasteiger partial charge in [0.05, 0.1) is 23.9 Å². The summed E-state index contributed by atoms with van der Waals surface area (Å²) in [5, 5.41) is 32.3. The lowest BCUT2D eigenvalue weighted by atomic mass is 9.69. The van der Waals surface area contributed by atoms with Gasteiger partial charge >= 0.3 is 0 Å². The summed E-state index contributed by atoms with van der Waals surface area (Å²) in [6.07, 6.45) is 7.50. The molecule has 7 aromatic rings. The molecule has 68 heavy (non-hydrogen) atoms. The third kappa shape index (κ3) is 8.08. The lowest BCUT2D eigenvalue weighted by molar-refractivity contribution is -0.0620. The molecule has 3 atom stereocenters. The van der Waals surface area contributed by atoms with E-state index in [-0.39, 0.29) is 12.0 Å². The minimum atomic E-state index is -0.623. The molecule has 12 heteroatoms. The standard InChI is InChI=1S/C56H60N8O3S/c1-35-36(2)68-55-51(35)53(58-49(28-50-57-23-26-67-50)54-60-59-37(3)64(54)55)42-13-16-45(17-14-42)63-30-38(31-63)29-61-24-21-56(66,22-25-61)34-62-32-44(33-62)39-9-11-41(12-10-39)52-47(40-7-5-4-6-8-40)19-15-43-27-46(65)18-20-48(43)52/h4-14,16-18,20,23,26-27,38,44,47,49,52,65-66H,15,19,21-22,24-25,28-34H2,1-3H3/t47-,49+,52+/m1/s1. The number of benzene rings is 4. The molecule has 3 aromatic heterocycles. The molecule has 2 N–H and O–H groups in total. The predicted octanol–water partition coefficient (Wildman–Crippen LogP) is 9.31. The van der Waals surface area contributed by atoms with Gasteiger partial charge in [0, 0.05) is 91.8 Å². The zero-order valence-electron chi connectivity index (χ0n) is 39.3. The molecule has 0 unspecified atom stereocenters. The molecule has 7 heterocycles. The Morgan fingerprint density at radius 3 is 2.34 bits per heavy atom. The van der Waals surface area contributed by atoms with Crippen LogP contribution in [0.15, 0.2) is 119 Å². The quantitative estimate of drug-likeness (QED) is 0.131. The van der Waals surface area contributed by atoms with Gasteiger partial charge in [-0.25, -0.2) is 4.98 Å².